The molecule has 1 unspecified atom stereocenters. The highest BCUT2D eigenvalue weighted by Crippen LogP contribution is 2.18. The molecular formula is C13H27NO3. The number of rotatable bonds is 12. The van der Waals surface area contributed by atoms with Gasteiger partial charge < -0.3 is 19.5 Å². The van der Waals surface area contributed by atoms with Crippen molar-refractivity contribution in [2.24, 2.45) is 0 Å². The van der Waals surface area contributed by atoms with E-state index in [4.69, 9.17) is 14.2 Å². The summed E-state index contributed by atoms with van der Waals surface area (Å²) in [5.74, 6) is 0. The van der Waals surface area contributed by atoms with Gasteiger partial charge in [-0.3, -0.25) is 0 Å². The minimum absolute atomic E-state index is 0.335. The third kappa shape index (κ3) is 9.53. The fourth-order valence-corrected chi connectivity index (χ4v) is 1.62. The van der Waals surface area contributed by atoms with E-state index in [2.05, 4.69) is 12.2 Å². The zero-order valence-corrected chi connectivity index (χ0v) is 11.2. The molecule has 4 heteroatoms. The van der Waals surface area contributed by atoms with Gasteiger partial charge in [-0.25, -0.2) is 0 Å². The molecule has 0 aliphatic heterocycles. The number of ether oxygens (including phenoxy) is 3. The van der Waals surface area contributed by atoms with Crippen LogP contribution in [0.4, 0.5) is 0 Å². The van der Waals surface area contributed by atoms with Crippen LogP contribution in [0.25, 0.3) is 0 Å². The Morgan fingerprint density at radius 3 is 2.65 bits per heavy atom. The Hall–Kier alpha value is -0.160. The minimum atomic E-state index is 0.335. The van der Waals surface area contributed by atoms with Gasteiger partial charge in [0, 0.05) is 13.2 Å². The molecular weight excluding hydrogens is 218 g/mol. The highest BCUT2D eigenvalue weighted by molar-refractivity contribution is 4.80. The van der Waals surface area contributed by atoms with E-state index in [9.17, 15) is 0 Å². The first-order valence-electron chi connectivity index (χ1n) is 6.74. The molecule has 17 heavy (non-hydrogen) atoms. The summed E-state index contributed by atoms with van der Waals surface area (Å²) >= 11 is 0. The Morgan fingerprint density at radius 1 is 1.18 bits per heavy atom. The maximum Gasteiger partial charge on any atom is 0.0704 e. The van der Waals surface area contributed by atoms with E-state index in [-0.39, 0.29) is 0 Å². The zero-order valence-electron chi connectivity index (χ0n) is 11.2. The highest BCUT2D eigenvalue weighted by Gasteiger charge is 2.19. The second kappa shape index (κ2) is 9.83. The predicted octanol–water partition coefficient (Wildman–Crippen LogP) is 1.59. The van der Waals surface area contributed by atoms with Crippen molar-refractivity contribution >= 4 is 0 Å². The smallest absolute Gasteiger partial charge is 0.0704 e. The fraction of sp³-hybridized carbons (Fsp3) is 1.00. The quantitative estimate of drug-likeness (QED) is 0.530. The molecule has 4 nitrogen and oxygen atoms in total. The third-order valence-corrected chi connectivity index (χ3v) is 2.86. The summed E-state index contributed by atoms with van der Waals surface area (Å²) in [4.78, 5) is 0. The third-order valence-electron chi connectivity index (χ3n) is 2.86. The van der Waals surface area contributed by atoms with Crippen LogP contribution in [0, 0.1) is 0 Å². The summed E-state index contributed by atoms with van der Waals surface area (Å²) in [6.45, 7) is 5.91. The average molecular weight is 245 g/mol. The van der Waals surface area contributed by atoms with Crippen LogP contribution < -0.4 is 5.32 Å². The molecule has 1 aliphatic rings. The first kappa shape index (κ1) is 14.9. The molecule has 0 radical (unpaired) electrons. The van der Waals surface area contributed by atoms with Gasteiger partial charge in [0.15, 0.2) is 0 Å². The maximum absolute atomic E-state index is 5.65. The second-order valence-electron chi connectivity index (χ2n) is 4.66. The molecule has 0 bridgehead atoms. The van der Waals surface area contributed by atoms with Crippen molar-refractivity contribution in [1.29, 1.82) is 0 Å². The van der Waals surface area contributed by atoms with Crippen molar-refractivity contribution in [3.05, 3.63) is 0 Å². The molecule has 0 spiro atoms. The van der Waals surface area contributed by atoms with Gasteiger partial charge in [0.05, 0.1) is 32.5 Å². The van der Waals surface area contributed by atoms with Crippen LogP contribution in [-0.2, 0) is 14.2 Å². The summed E-state index contributed by atoms with van der Waals surface area (Å²) in [7, 11) is 1.68. The monoisotopic (exact) mass is 245 g/mol. The normalized spacial score (nSPS) is 17.3. The van der Waals surface area contributed by atoms with Crippen LogP contribution in [-0.4, -0.2) is 52.2 Å². The fourth-order valence-electron chi connectivity index (χ4n) is 1.62. The Labute approximate surface area is 105 Å². The van der Waals surface area contributed by atoms with Gasteiger partial charge in [0.1, 0.15) is 0 Å². The Balaban J connectivity index is 1.75. The number of methoxy groups -OCH3 is 1. The van der Waals surface area contributed by atoms with Gasteiger partial charge in [0.25, 0.3) is 0 Å². The molecule has 0 aromatic carbocycles. The van der Waals surface area contributed by atoms with Crippen LogP contribution in [0.2, 0.25) is 0 Å². The van der Waals surface area contributed by atoms with E-state index in [0.717, 1.165) is 19.0 Å². The summed E-state index contributed by atoms with van der Waals surface area (Å²) < 4.78 is 15.9. The first-order chi connectivity index (χ1) is 8.33. The Kier molecular flexibility index (Phi) is 8.61. The lowest BCUT2D eigenvalue weighted by molar-refractivity contribution is -0.00319. The van der Waals surface area contributed by atoms with Crippen LogP contribution in [0.1, 0.15) is 32.6 Å². The van der Waals surface area contributed by atoms with Crippen molar-refractivity contribution in [2.45, 2.75) is 44.8 Å². The Bertz CT molecular complexity index is 174. The van der Waals surface area contributed by atoms with Crippen molar-refractivity contribution in [3.63, 3.8) is 0 Å². The van der Waals surface area contributed by atoms with Crippen LogP contribution in [0.3, 0.4) is 0 Å². The highest BCUT2D eigenvalue weighted by atomic mass is 16.5. The molecule has 0 saturated heterocycles. The predicted molar refractivity (Wildman–Crippen MR) is 68.4 cm³/mol. The van der Waals surface area contributed by atoms with Gasteiger partial charge in [-0.05, 0) is 39.2 Å². The maximum atomic E-state index is 5.65. The zero-order chi connectivity index (χ0) is 12.3. The van der Waals surface area contributed by atoms with Crippen molar-refractivity contribution in [1.82, 2.24) is 5.32 Å². The molecule has 102 valence electrons. The molecule has 1 saturated carbocycles. The molecule has 1 fully saturated rings. The van der Waals surface area contributed by atoms with Crippen molar-refractivity contribution in [3.8, 4) is 0 Å². The molecule has 0 heterocycles. The van der Waals surface area contributed by atoms with E-state index in [1.165, 1.54) is 19.3 Å². The van der Waals surface area contributed by atoms with Gasteiger partial charge in [-0.1, -0.05) is 0 Å². The molecule has 1 atom stereocenters. The minimum Gasteiger partial charge on any atom is -0.382 e. The van der Waals surface area contributed by atoms with Gasteiger partial charge >= 0.3 is 0 Å². The van der Waals surface area contributed by atoms with Crippen molar-refractivity contribution < 1.29 is 14.2 Å². The standard InChI is InChI=1S/C13H27NO3/c1-12(4-3-7-14-13-5-6-13)17-11-10-16-9-8-15-2/h12-14H,3-11H2,1-2H3. The van der Waals surface area contributed by atoms with E-state index in [1.54, 1.807) is 7.11 Å². The van der Waals surface area contributed by atoms with E-state index < -0.39 is 0 Å². The molecule has 1 aliphatic carbocycles. The van der Waals surface area contributed by atoms with Crippen LogP contribution in [0.15, 0.2) is 0 Å². The van der Waals surface area contributed by atoms with E-state index >= 15 is 0 Å². The molecule has 1 N–H and O–H groups in total. The van der Waals surface area contributed by atoms with Crippen molar-refractivity contribution in [2.75, 3.05) is 40.1 Å². The SMILES string of the molecule is COCCOCCOC(C)CCCNC1CC1. The molecule has 1 rings (SSSR count). The summed E-state index contributed by atoms with van der Waals surface area (Å²) in [5.41, 5.74) is 0. The van der Waals surface area contributed by atoms with Crippen LogP contribution in [0.5, 0.6) is 0 Å². The molecule has 0 aromatic rings. The summed E-state index contributed by atoms with van der Waals surface area (Å²) in [6, 6.07) is 0.820. The largest absolute Gasteiger partial charge is 0.382 e. The lowest BCUT2D eigenvalue weighted by Crippen LogP contribution is -2.20. The van der Waals surface area contributed by atoms with Gasteiger partial charge in [-0.15, -0.1) is 0 Å². The average Bonchev–Trinajstić information content (AvgIpc) is 3.13. The first-order valence-corrected chi connectivity index (χ1v) is 6.74. The molecule has 0 amide bonds. The lowest BCUT2D eigenvalue weighted by Gasteiger charge is -2.13. The second-order valence-corrected chi connectivity index (χ2v) is 4.66. The van der Waals surface area contributed by atoms with E-state index in [0.29, 0.717) is 32.5 Å². The lowest BCUT2D eigenvalue weighted by atomic mass is 10.2. The van der Waals surface area contributed by atoms with Gasteiger partial charge in [0.2, 0.25) is 0 Å². The topological polar surface area (TPSA) is 39.7 Å². The number of hydrogen-bond donors (Lipinski definition) is 1. The Morgan fingerprint density at radius 2 is 1.94 bits per heavy atom. The number of hydrogen-bond acceptors (Lipinski definition) is 4. The number of nitrogens with one attached hydrogen (secondary N) is 1. The van der Waals surface area contributed by atoms with E-state index in [1.807, 2.05) is 0 Å². The van der Waals surface area contributed by atoms with Gasteiger partial charge in [-0.2, -0.15) is 0 Å². The van der Waals surface area contributed by atoms with Crippen LogP contribution >= 0.6 is 0 Å². The summed E-state index contributed by atoms with van der Waals surface area (Å²) in [6.07, 6.45) is 5.39. The summed E-state index contributed by atoms with van der Waals surface area (Å²) in [5, 5.41) is 3.51. The molecule has 0 aromatic heterocycles.